The predicted molar refractivity (Wildman–Crippen MR) is 115 cm³/mol. The molecule has 2 N–H and O–H groups in total. The number of nitrogens with one attached hydrogen (secondary N) is 2. The van der Waals surface area contributed by atoms with Gasteiger partial charge in [-0.15, -0.1) is 11.3 Å². The normalized spacial score (nSPS) is 13.9. The third-order valence-electron chi connectivity index (χ3n) is 4.53. The second kappa shape index (κ2) is 9.15. The lowest BCUT2D eigenvalue weighted by Gasteiger charge is -2.16. The molecule has 0 spiro atoms. The fourth-order valence-electron chi connectivity index (χ4n) is 3.14. The summed E-state index contributed by atoms with van der Waals surface area (Å²) in [5, 5.41) is 6.31. The van der Waals surface area contributed by atoms with Crippen LogP contribution in [0.4, 0.5) is 10.7 Å². The summed E-state index contributed by atoms with van der Waals surface area (Å²) in [5.74, 6) is -1.43. The van der Waals surface area contributed by atoms with Gasteiger partial charge in [-0.2, -0.15) is 0 Å². The summed E-state index contributed by atoms with van der Waals surface area (Å²) in [7, 11) is 0. The van der Waals surface area contributed by atoms with E-state index in [1.807, 2.05) is 0 Å². The van der Waals surface area contributed by atoms with Crippen LogP contribution in [0.5, 0.6) is 0 Å². The van der Waals surface area contributed by atoms with Crippen LogP contribution in [0.3, 0.4) is 0 Å². The zero-order chi connectivity index (χ0) is 21.1. The van der Waals surface area contributed by atoms with Gasteiger partial charge < -0.3 is 15.4 Å². The molecular formula is C20H20Cl2N2O4S. The van der Waals surface area contributed by atoms with E-state index in [-0.39, 0.29) is 10.9 Å². The minimum absolute atomic E-state index is 0.209. The first-order chi connectivity index (χ1) is 13.8. The van der Waals surface area contributed by atoms with E-state index in [0.29, 0.717) is 21.3 Å². The van der Waals surface area contributed by atoms with Gasteiger partial charge >= 0.3 is 5.97 Å². The summed E-state index contributed by atoms with van der Waals surface area (Å²) >= 11 is 13.4. The van der Waals surface area contributed by atoms with Crippen molar-refractivity contribution in [1.29, 1.82) is 0 Å². The van der Waals surface area contributed by atoms with Crippen molar-refractivity contribution in [2.45, 2.75) is 45.6 Å². The summed E-state index contributed by atoms with van der Waals surface area (Å²) in [6, 6.07) is 4.86. The topological polar surface area (TPSA) is 84.5 Å². The minimum Gasteiger partial charge on any atom is -0.449 e. The van der Waals surface area contributed by atoms with Crippen molar-refractivity contribution in [3.8, 4) is 0 Å². The van der Waals surface area contributed by atoms with Gasteiger partial charge in [-0.3, -0.25) is 9.59 Å². The number of rotatable bonds is 5. The Kier molecular flexibility index (Phi) is 6.82. The molecule has 154 valence electrons. The fourth-order valence-corrected chi connectivity index (χ4v) is 4.81. The van der Waals surface area contributed by atoms with E-state index in [4.69, 9.17) is 27.9 Å². The molecule has 0 bridgehead atoms. The number of hydrogen-bond donors (Lipinski definition) is 2. The molecule has 1 heterocycles. The Bertz CT molecular complexity index is 974. The highest BCUT2D eigenvalue weighted by Gasteiger charge is 2.29. The molecule has 0 aliphatic heterocycles. The third kappa shape index (κ3) is 4.91. The third-order valence-corrected chi connectivity index (χ3v) is 6.55. The van der Waals surface area contributed by atoms with Gasteiger partial charge in [0.15, 0.2) is 6.10 Å². The van der Waals surface area contributed by atoms with E-state index in [1.54, 1.807) is 18.2 Å². The number of hydrogen-bond acceptors (Lipinski definition) is 5. The molecule has 0 saturated carbocycles. The van der Waals surface area contributed by atoms with Crippen LogP contribution in [-0.2, 0) is 27.2 Å². The molecule has 0 fully saturated rings. The van der Waals surface area contributed by atoms with Crippen LogP contribution < -0.4 is 10.6 Å². The molecule has 1 aliphatic carbocycles. The number of anilines is 2. The van der Waals surface area contributed by atoms with Gasteiger partial charge in [-0.05, 0) is 50.3 Å². The monoisotopic (exact) mass is 454 g/mol. The van der Waals surface area contributed by atoms with Crippen molar-refractivity contribution in [2.24, 2.45) is 0 Å². The molecule has 0 radical (unpaired) electrons. The fraction of sp³-hybridized carbons (Fsp3) is 0.350. The van der Waals surface area contributed by atoms with Crippen LogP contribution in [-0.4, -0.2) is 23.9 Å². The van der Waals surface area contributed by atoms with Gasteiger partial charge in [-0.25, -0.2) is 4.79 Å². The molecule has 3 rings (SSSR count). The number of esters is 1. The van der Waals surface area contributed by atoms with Crippen LogP contribution in [0.25, 0.3) is 0 Å². The molecule has 29 heavy (non-hydrogen) atoms. The van der Waals surface area contributed by atoms with E-state index in [1.165, 1.54) is 25.2 Å². The van der Waals surface area contributed by atoms with E-state index in [9.17, 15) is 14.4 Å². The molecule has 0 saturated heterocycles. The number of fused-ring (bicyclic) bond motifs is 1. The van der Waals surface area contributed by atoms with Crippen molar-refractivity contribution >= 4 is 63.0 Å². The van der Waals surface area contributed by atoms with Crippen LogP contribution in [0, 0.1) is 0 Å². The van der Waals surface area contributed by atoms with Crippen LogP contribution in [0.15, 0.2) is 18.2 Å². The highest BCUT2D eigenvalue weighted by molar-refractivity contribution is 7.17. The first kappa shape index (κ1) is 21.6. The second-order valence-electron chi connectivity index (χ2n) is 6.73. The maximum Gasteiger partial charge on any atom is 0.342 e. The van der Waals surface area contributed by atoms with Crippen molar-refractivity contribution in [2.75, 3.05) is 10.6 Å². The number of benzene rings is 1. The predicted octanol–water partition coefficient (Wildman–Crippen LogP) is 5.08. The first-order valence-electron chi connectivity index (χ1n) is 9.16. The summed E-state index contributed by atoms with van der Waals surface area (Å²) in [6.45, 7) is 2.86. The lowest BCUT2D eigenvalue weighted by atomic mass is 9.95. The Morgan fingerprint density at radius 2 is 1.86 bits per heavy atom. The summed E-state index contributed by atoms with van der Waals surface area (Å²) in [5.41, 5.74) is 1.58. The largest absolute Gasteiger partial charge is 0.449 e. The zero-order valence-electron chi connectivity index (χ0n) is 15.9. The first-order valence-corrected chi connectivity index (χ1v) is 10.7. The molecule has 1 aromatic carbocycles. The SMILES string of the molecule is CC(=O)Nc1sc2c(c1C(=O)OC(C)C(=O)Nc1cccc(Cl)c1Cl)CCCC2. The standard InChI is InChI=1S/C20H20Cl2N2O4S/c1-10(18(26)24-14-8-5-7-13(21)17(14)22)28-20(27)16-12-6-3-4-9-15(12)29-19(16)23-11(2)25/h5,7-8,10H,3-4,6,9H2,1-2H3,(H,23,25)(H,24,26). The Morgan fingerprint density at radius 3 is 2.59 bits per heavy atom. The molecule has 2 aromatic rings. The van der Waals surface area contributed by atoms with E-state index in [0.717, 1.165) is 36.1 Å². The van der Waals surface area contributed by atoms with E-state index >= 15 is 0 Å². The smallest absolute Gasteiger partial charge is 0.342 e. The Morgan fingerprint density at radius 1 is 1.14 bits per heavy atom. The quantitative estimate of drug-likeness (QED) is 0.617. The minimum atomic E-state index is -1.07. The van der Waals surface area contributed by atoms with Gasteiger partial charge in [0.1, 0.15) is 5.00 Å². The van der Waals surface area contributed by atoms with Crippen LogP contribution >= 0.6 is 34.5 Å². The van der Waals surface area contributed by atoms with Crippen LogP contribution in [0.1, 0.15) is 47.5 Å². The highest BCUT2D eigenvalue weighted by Crippen LogP contribution is 2.38. The average Bonchev–Trinajstić information content (AvgIpc) is 3.02. The summed E-state index contributed by atoms with van der Waals surface area (Å²) in [4.78, 5) is 38.0. The number of aryl methyl sites for hydroxylation is 1. The lowest BCUT2D eigenvalue weighted by molar-refractivity contribution is -0.123. The number of amides is 2. The Hall–Kier alpha value is -2.09. The Balaban J connectivity index is 1.77. The maximum absolute atomic E-state index is 12.9. The molecule has 1 atom stereocenters. The summed E-state index contributed by atoms with van der Waals surface area (Å²) in [6.07, 6.45) is 2.55. The molecule has 1 aromatic heterocycles. The van der Waals surface area contributed by atoms with Crippen molar-refractivity contribution in [3.63, 3.8) is 0 Å². The van der Waals surface area contributed by atoms with Crippen molar-refractivity contribution in [3.05, 3.63) is 44.2 Å². The number of carbonyl (C=O) groups is 3. The van der Waals surface area contributed by atoms with Gasteiger partial charge in [0, 0.05) is 11.8 Å². The molecule has 2 amide bonds. The number of ether oxygens (including phenoxy) is 1. The zero-order valence-corrected chi connectivity index (χ0v) is 18.3. The molecule has 1 aliphatic rings. The molecular weight excluding hydrogens is 435 g/mol. The number of carbonyl (C=O) groups excluding carboxylic acids is 3. The lowest BCUT2D eigenvalue weighted by Crippen LogP contribution is -2.30. The van der Waals surface area contributed by atoms with Gasteiger partial charge in [0.05, 0.1) is 21.3 Å². The van der Waals surface area contributed by atoms with Crippen molar-refractivity contribution < 1.29 is 19.1 Å². The highest BCUT2D eigenvalue weighted by atomic mass is 35.5. The van der Waals surface area contributed by atoms with E-state index in [2.05, 4.69) is 10.6 Å². The van der Waals surface area contributed by atoms with Gasteiger partial charge in [0.2, 0.25) is 5.91 Å². The number of halogens is 2. The van der Waals surface area contributed by atoms with E-state index < -0.39 is 18.0 Å². The average molecular weight is 455 g/mol. The molecule has 9 heteroatoms. The Labute approximate surface area is 182 Å². The number of thiophene rings is 1. The van der Waals surface area contributed by atoms with Gasteiger partial charge in [-0.1, -0.05) is 29.3 Å². The second-order valence-corrected chi connectivity index (χ2v) is 8.62. The maximum atomic E-state index is 12.9. The summed E-state index contributed by atoms with van der Waals surface area (Å²) < 4.78 is 5.42. The van der Waals surface area contributed by atoms with Crippen molar-refractivity contribution in [1.82, 2.24) is 0 Å². The van der Waals surface area contributed by atoms with Crippen LogP contribution in [0.2, 0.25) is 10.0 Å². The molecule has 1 unspecified atom stereocenters. The van der Waals surface area contributed by atoms with Gasteiger partial charge in [0.25, 0.3) is 5.91 Å². The molecule has 6 nitrogen and oxygen atoms in total.